The second-order valence-corrected chi connectivity index (χ2v) is 7.47. The van der Waals surface area contributed by atoms with E-state index in [4.69, 9.17) is 0 Å². The third kappa shape index (κ3) is 2.15. The average Bonchev–Trinajstić information content (AvgIpc) is 3.11. The lowest BCUT2D eigenvalue weighted by atomic mass is 9.81. The molecule has 0 saturated carbocycles. The molecule has 4 rings (SSSR count). The van der Waals surface area contributed by atoms with Crippen LogP contribution in [0, 0.1) is 0 Å². The van der Waals surface area contributed by atoms with Gasteiger partial charge in [0.2, 0.25) is 11.4 Å². The Morgan fingerprint density at radius 1 is 1.00 bits per heavy atom. The Bertz CT molecular complexity index is 907. The summed E-state index contributed by atoms with van der Waals surface area (Å²) in [4.78, 5) is 0. The fourth-order valence-corrected chi connectivity index (χ4v) is 4.69. The molecule has 0 amide bonds. The van der Waals surface area contributed by atoms with E-state index in [1.807, 2.05) is 28.8 Å². The second kappa shape index (κ2) is 5.14. The molecule has 3 nitrogen and oxygen atoms in total. The lowest BCUT2D eigenvalue weighted by molar-refractivity contribution is -0.401. The molecule has 0 bridgehead atoms. The number of para-hydroxylation sites is 2. The Morgan fingerprint density at radius 2 is 1.70 bits per heavy atom. The molecule has 114 valence electrons. The van der Waals surface area contributed by atoms with E-state index in [1.54, 1.807) is 0 Å². The second-order valence-electron chi connectivity index (χ2n) is 6.40. The summed E-state index contributed by atoms with van der Waals surface area (Å²) in [5.41, 5.74) is 5.12. The molecule has 0 radical (unpaired) electrons. The standard InChI is InChI=1S/C19H19N3P/c1-19(2)15-11-7-8-12-16(15)21(3)18(19)17-13-20-22(23-17)14-9-5-4-6-10-14/h4-13H,1-3H3/q+1. The Hall–Kier alpha value is -2.25. The first-order valence-corrected chi connectivity index (χ1v) is 8.62. The Balaban J connectivity index is 1.83. The molecule has 2 heterocycles. The Kier molecular flexibility index (Phi) is 3.21. The smallest absolute Gasteiger partial charge is 0.209 e. The Labute approximate surface area is 138 Å². The minimum absolute atomic E-state index is 0.00755. The van der Waals surface area contributed by atoms with E-state index in [0.29, 0.717) is 0 Å². The van der Waals surface area contributed by atoms with Crippen LogP contribution >= 0.6 is 8.35 Å². The lowest BCUT2D eigenvalue weighted by Gasteiger charge is -2.16. The highest BCUT2D eigenvalue weighted by molar-refractivity contribution is 7.28. The van der Waals surface area contributed by atoms with Gasteiger partial charge in [-0.1, -0.05) is 36.4 Å². The number of hydrogen-bond donors (Lipinski definition) is 0. The van der Waals surface area contributed by atoms with Crippen molar-refractivity contribution in [2.75, 3.05) is 7.05 Å². The molecule has 0 saturated heterocycles. The summed E-state index contributed by atoms with van der Waals surface area (Å²) in [7, 11) is 3.27. The molecule has 2 aromatic carbocycles. The fourth-order valence-electron chi connectivity index (χ4n) is 3.51. The number of fused-ring (bicyclic) bond motifs is 1. The van der Waals surface area contributed by atoms with E-state index in [1.165, 1.54) is 22.3 Å². The first-order chi connectivity index (χ1) is 11.1. The van der Waals surface area contributed by atoms with Crippen LogP contribution in [-0.2, 0) is 5.41 Å². The van der Waals surface area contributed by atoms with Gasteiger partial charge in [-0.05, 0) is 26.0 Å². The molecule has 4 heteroatoms. The lowest BCUT2D eigenvalue weighted by Crippen LogP contribution is -2.28. The topological polar surface area (TPSA) is 20.8 Å². The van der Waals surface area contributed by atoms with Crippen LogP contribution in [0.3, 0.4) is 0 Å². The van der Waals surface area contributed by atoms with Gasteiger partial charge in [0.1, 0.15) is 12.3 Å². The molecule has 1 aliphatic heterocycles. The number of hydrogen-bond acceptors (Lipinski definition) is 1. The van der Waals surface area contributed by atoms with Gasteiger partial charge in [0.25, 0.3) is 0 Å². The van der Waals surface area contributed by atoms with Crippen LogP contribution in [0.25, 0.3) is 5.69 Å². The van der Waals surface area contributed by atoms with Crippen molar-refractivity contribution in [1.29, 1.82) is 0 Å². The van der Waals surface area contributed by atoms with Gasteiger partial charge < -0.3 is 0 Å². The summed E-state index contributed by atoms with van der Waals surface area (Å²) < 4.78 is 4.35. The number of rotatable bonds is 2. The maximum Gasteiger partial charge on any atom is 0.209 e. The summed E-state index contributed by atoms with van der Waals surface area (Å²) in [5, 5.41) is 5.87. The molecular weight excluding hydrogens is 301 g/mol. The van der Waals surface area contributed by atoms with Crippen molar-refractivity contribution in [3.8, 4) is 5.69 Å². The van der Waals surface area contributed by atoms with Crippen molar-refractivity contribution < 1.29 is 4.58 Å². The van der Waals surface area contributed by atoms with E-state index in [-0.39, 0.29) is 5.41 Å². The maximum absolute atomic E-state index is 4.61. The third-order valence-electron chi connectivity index (χ3n) is 4.59. The van der Waals surface area contributed by atoms with Crippen LogP contribution < -0.4 is 0 Å². The van der Waals surface area contributed by atoms with E-state index in [0.717, 1.165) is 14.0 Å². The highest BCUT2D eigenvalue weighted by Crippen LogP contribution is 2.42. The maximum atomic E-state index is 4.61. The predicted octanol–water partition coefficient (Wildman–Crippen LogP) is 4.51. The first kappa shape index (κ1) is 14.3. The molecule has 0 aliphatic carbocycles. The van der Waals surface area contributed by atoms with Crippen molar-refractivity contribution in [2.24, 2.45) is 0 Å². The molecule has 0 unspecified atom stereocenters. The molecule has 0 spiro atoms. The number of benzene rings is 2. The van der Waals surface area contributed by atoms with Crippen molar-refractivity contribution in [1.82, 2.24) is 9.54 Å². The van der Waals surface area contributed by atoms with Gasteiger partial charge in [-0.3, -0.25) is 0 Å². The summed E-state index contributed by atoms with van der Waals surface area (Å²) in [6, 6.07) is 19.0. The molecular formula is C19H19N3P+. The number of aromatic nitrogens is 2. The van der Waals surface area contributed by atoms with Gasteiger partial charge in [0, 0.05) is 11.6 Å². The zero-order chi connectivity index (χ0) is 16.0. The summed E-state index contributed by atoms with van der Waals surface area (Å²) in [6.45, 7) is 4.60. The summed E-state index contributed by atoms with van der Waals surface area (Å²) >= 11 is 0. The summed E-state index contributed by atoms with van der Waals surface area (Å²) in [6.07, 6.45) is 2.01. The monoisotopic (exact) mass is 320 g/mol. The first-order valence-electron chi connectivity index (χ1n) is 7.78. The van der Waals surface area contributed by atoms with Gasteiger partial charge in [0.05, 0.1) is 25.7 Å². The molecule has 23 heavy (non-hydrogen) atoms. The number of nitrogens with zero attached hydrogens (tertiary/aromatic N) is 3. The van der Waals surface area contributed by atoms with Crippen LogP contribution in [0.4, 0.5) is 5.69 Å². The van der Waals surface area contributed by atoms with E-state index >= 15 is 0 Å². The van der Waals surface area contributed by atoms with Gasteiger partial charge >= 0.3 is 0 Å². The zero-order valence-electron chi connectivity index (χ0n) is 13.6. The van der Waals surface area contributed by atoms with Gasteiger partial charge in [-0.15, -0.1) is 0 Å². The van der Waals surface area contributed by atoms with Gasteiger partial charge in [0.15, 0.2) is 0 Å². The van der Waals surface area contributed by atoms with E-state index in [9.17, 15) is 0 Å². The van der Waals surface area contributed by atoms with Crippen LogP contribution in [0.15, 0.2) is 60.8 Å². The predicted molar refractivity (Wildman–Crippen MR) is 95.5 cm³/mol. The van der Waals surface area contributed by atoms with Crippen molar-refractivity contribution >= 4 is 19.8 Å². The highest BCUT2D eigenvalue weighted by Gasteiger charge is 2.45. The van der Waals surface area contributed by atoms with Gasteiger partial charge in [-0.25, -0.2) is 4.44 Å². The van der Waals surface area contributed by atoms with E-state index < -0.39 is 0 Å². The molecule has 1 aromatic heterocycles. The zero-order valence-corrected chi connectivity index (χ0v) is 14.5. The van der Waals surface area contributed by atoms with Crippen LogP contribution in [0.2, 0.25) is 0 Å². The normalized spacial score (nSPS) is 16.1. The minimum Gasteiger partial charge on any atom is -0.215 e. The van der Waals surface area contributed by atoms with Crippen molar-refractivity contribution in [2.45, 2.75) is 19.3 Å². The minimum atomic E-state index is -0.00755. The van der Waals surface area contributed by atoms with Gasteiger partial charge in [-0.2, -0.15) is 9.67 Å². The quantitative estimate of drug-likeness (QED) is 0.637. The molecule has 3 aromatic rings. The fraction of sp³-hybridized carbons (Fsp3) is 0.211. The summed E-state index contributed by atoms with van der Waals surface area (Å²) in [5.74, 6) is 0. The van der Waals surface area contributed by atoms with Crippen LogP contribution in [0.5, 0.6) is 0 Å². The molecule has 0 N–H and O–H groups in total. The molecule has 0 fully saturated rings. The van der Waals surface area contributed by atoms with Crippen LogP contribution in [0.1, 0.15) is 24.7 Å². The SMILES string of the molecule is C[N+]1=C(c2cnn(-c3ccccc3)p2)C(C)(C)c2ccccc21. The largest absolute Gasteiger partial charge is 0.215 e. The van der Waals surface area contributed by atoms with Crippen molar-refractivity contribution in [3.05, 3.63) is 71.7 Å². The average molecular weight is 320 g/mol. The Morgan fingerprint density at radius 3 is 2.43 bits per heavy atom. The van der Waals surface area contributed by atoms with Crippen molar-refractivity contribution in [3.63, 3.8) is 0 Å². The molecule has 0 atom stereocenters. The van der Waals surface area contributed by atoms with Crippen LogP contribution in [-0.4, -0.2) is 26.9 Å². The van der Waals surface area contributed by atoms with E-state index in [2.05, 4.69) is 67.0 Å². The molecule has 1 aliphatic rings. The highest BCUT2D eigenvalue weighted by atomic mass is 31.0. The third-order valence-corrected chi connectivity index (χ3v) is 5.65.